The highest BCUT2D eigenvalue weighted by molar-refractivity contribution is 5.92. The lowest BCUT2D eigenvalue weighted by molar-refractivity contribution is -0.119. The van der Waals surface area contributed by atoms with Gasteiger partial charge in [0.1, 0.15) is 11.8 Å². The number of hydrogen-bond donors (Lipinski definition) is 1. The molecule has 1 N–H and O–H groups in total. The molecule has 1 atom stereocenters. The molecule has 1 saturated heterocycles. The van der Waals surface area contributed by atoms with Gasteiger partial charge in [-0.05, 0) is 31.4 Å². The zero-order valence-electron chi connectivity index (χ0n) is 11.3. The van der Waals surface area contributed by atoms with Crippen LogP contribution >= 0.6 is 0 Å². The summed E-state index contributed by atoms with van der Waals surface area (Å²) in [6.45, 7) is 0.693. The predicted octanol–water partition coefficient (Wildman–Crippen LogP) is 2.49. The van der Waals surface area contributed by atoms with Gasteiger partial charge >= 0.3 is 0 Å². The van der Waals surface area contributed by atoms with E-state index in [0.717, 1.165) is 25.9 Å². The summed E-state index contributed by atoms with van der Waals surface area (Å²) in [5.74, 6) is 0.414. The summed E-state index contributed by atoms with van der Waals surface area (Å²) in [6.07, 6.45) is 3.48. The van der Waals surface area contributed by atoms with Crippen LogP contribution in [0.15, 0.2) is 24.3 Å². The zero-order valence-corrected chi connectivity index (χ0v) is 11.3. The van der Waals surface area contributed by atoms with Crippen molar-refractivity contribution in [2.24, 2.45) is 0 Å². The number of rotatable bonds is 5. The summed E-state index contributed by atoms with van der Waals surface area (Å²) < 4.78 is 10.8. The molecule has 5 nitrogen and oxygen atoms in total. The Hall–Kier alpha value is -2.06. The highest BCUT2D eigenvalue weighted by Gasteiger charge is 2.18. The Morgan fingerprint density at radius 2 is 2.30 bits per heavy atom. The van der Waals surface area contributed by atoms with Crippen molar-refractivity contribution >= 4 is 11.6 Å². The molecule has 0 aromatic heterocycles. The maximum Gasteiger partial charge on any atom is 0.227 e. The SMILES string of the molecule is N#CCOc1ccccc1NC(=O)CC1CCCCO1. The van der Waals surface area contributed by atoms with Crippen molar-refractivity contribution in [3.63, 3.8) is 0 Å². The fraction of sp³-hybridized carbons (Fsp3) is 0.467. The number of hydrogen-bond acceptors (Lipinski definition) is 4. The minimum atomic E-state index is -0.0927. The molecular formula is C15H18N2O3. The summed E-state index contributed by atoms with van der Waals surface area (Å²) in [5.41, 5.74) is 0.587. The van der Waals surface area contributed by atoms with E-state index in [4.69, 9.17) is 14.7 Å². The fourth-order valence-corrected chi connectivity index (χ4v) is 2.18. The van der Waals surface area contributed by atoms with Crippen LogP contribution in [0.5, 0.6) is 5.75 Å². The van der Waals surface area contributed by atoms with E-state index in [0.29, 0.717) is 17.9 Å². The van der Waals surface area contributed by atoms with E-state index >= 15 is 0 Å². The van der Waals surface area contributed by atoms with E-state index in [-0.39, 0.29) is 18.6 Å². The van der Waals surface area contributed by atoms with Gasteiger partial charge in [0, 0.05) is 6.61 Å². The molecule has 5 heteroatoms. The van der Waals surface area contributed by atoms with Gasteiger partial charge in [0.2, 0.25) is 5.91 Å². The third-order valence-corrected chi connectivity index (χ3v) is 3.14. The molecule has 1 heterocycles. The lowest BCUT2D eigenvalue weighted by Gasteiger charge is -2.22. The summed E-state index contributed by atoms with van der Waals surface area (Å²) in [6, 6.07) is 9.00. The number of carbonyl (C=O) groups is 1. The van der Waals surface area contributed by atoms with Gasteiger partial charge in [-0.15, -0.1) is 0 Å². The molecule has 0 radical (unpaired) electrons. The van der Waals surface area contributed by atoms with Crippen molar-refractivity contribution in [2.75, 3.05) is 18.5 Å². The van der Waals surface area contributed by atoms with Crippen LogP contribution < -0.4 is 10.1 Å². The van der Waals surface area contributed by atoms with Crippen molar-refractivity contribution < 1.29 is 14.3 Å². The molecule has 1 aromatic rings. The summed E-state index contributed by atoms with van der Waals surface area (Å²) in [4.78, 5) is 12.0. The summed E-state index contributed by atoms with van der Waals surface area (Å²) >= 11 is 0. The number of anilines is 1. The molecule has 0 aliphatic carbocycles. The number of nitrogens with zero attached hydrogens (tertiary/aromatic N) is 1. The average Bonchev–Trinajstić information content (AvgIpc) is 2.47. The molecule has 1 unspecified atom stereocenters. The maximum atomic E-state index is 12.0. The second-order valence-corrected chi connectivity index (χ2v) is 4.68. The van der Waals surface area contributed by atoms with Gasteiger partial charge in [0.05, 0.1) is 18.2 Å². The van der Waals surface area contributed by atoms with Crippen LogP contribution in [0.25, 0.3) is 0 Å². The van der Waals surface area contributed by atoms with Crippen molar-refractivity contribution in [2.45, 2.75) is 31.8 Å². The molecule has 0 saturated carbocycles. The number of ether oxygens (including phenoxy) is 2. The largest absolute Gasteiger partial charge is 0.477 e. The van der Waals surface area contributed by atoms with Gasteiger partial charge in [0.25, 0.3) is 0 Å². The molecule has 1 aliphatic heterocycles. The molecule has 0 bridgehead atoms. The number of amides is 1. The van der Waals surface area contributed by atoms with Crippen molar-refractivity contribution in [1.82, 2.24) is 0 Å². The fourth-order valence-electron chi connectivity index (χ4n) is 2.18. The first-order chi connectivity index (χ1) is 9.79. The minimum Gasteiger partial charge on any atom is -0.477 e. The Morgan fingerprint density at radius 3 is 3.05 bits per heavy atom. The Kier molecular flexibility index (Phi) is 5.39. The van der Waals surface area contributed by atoms with E-state index in [2.05, 4.69) is 5.32 Å². The quantitative estimate of drug-likeness (QED) is 0.895. The van der Waals surface area contributed by atoms with E-state index in [1.54, 1.807) is 18.2 Å². The highest BCUT2D eigenvalue weighted by Crippen LogP contribution is 2.24. The molecule has 106 valence electrons. The number of nitriles is 1. The first-order valence-electron chi connectivity index (χ1n) is 6.80. The van der Waals surface area contributed by atoms with Crippen LogP contribution in [0.3, 0.4) is 0 Å². The van der Waals surface area contributed by atoms with Gasteiger partial charge in [-0.25, -0.2) is 0 Å². The third kappa shape index (κ3) is 4.25. The Morgan fingerprint density at radius 1 is 1.45 bits per heavy atom. The summed E-state index contributed by atoms with van der Waals surface area (Å²) in [7, 11) is 0. The van der Waals surface area contributed by atoms with E-state index < -0.39 is 0 Å². The number of benzene rings is 1. The molecule has 1 amide bonds. The Bertz CT molecular complexity index is 490. The predicted molar refractivity (Wildman–Crippen MR) is 74.4 cm³/mol. The highest BCUT2D eigenvalue weighted by atomic mass is 16.5. The standard InChI is InChI=1S/C15H18N2O3/c16-8-10-20-14-7-2-1-6-13(14)17-15(18)11-12-5-3-4-9-19-12/h1-2,6-7,12H,3-5,9-11H2,(H,17,18). The van der Waals surface area contributed by atoms with Gasteiger partial charge in [-0.3, -0.25) is 4.79 Å². The van der Waals surface area contributed by atoms with Gasteiger partial charge in [-0.1, -0.05) is 12.1 Å². The third-order valence-electron chi connectivity index (χ3n) is 3.14. The summed E-state index contributed by atoms with van der Waals surface area (Å²) in [5, 5.41) is 11.4. The number of para-hydroxylation sites is 2. The van der Waals surface area contributed by atoms with E-state index in [9.17, 15) is 4.79 Å². The van der Waals surface area contributed by atoms with Crippen molar-refractivity contribution in [3.05, 3.63) is 24.3 Å². The van der Waals surface area contributed by atoms with Crippen LogP contribution in [0.1, 0.15) is 25.7 Å². The molecule has 1 aromatic carbocycles. The lowest BCUT2D eigenvalue weighted by atomic mass is 10.1. The van der Waals surface area contributed by atoms with Crippen LogP contribution in [0.4, 0.5) is 5.69 Å². The zero-order chi connectivity index (χ0) is 14.2. The van der Waals surface area contributed by atoms with E-state index in [1.807, 2.05) is 12.1 Å². The van der Waals surface area contributed by atoms with Crippen LogP contribution in [-0.2, 0) is 9.53 Å². The number of nitrogens with one attached hydrogen (secondary N) is 1. The van der Waals surface area contributed by atoms with Crippen LogP contribution in [-0.4, -0.2) is 25.2 Å². The first-order valence-corrected chi connectivity index (χ1v) is 6.80. The topological polar surface area (TPSA) is 71.3 Å². The lowest BCUT2D eigenvalue weighted by Crippen LogP contribution is -2.25. The van der Waals surface area contributed by atoms with Crippen LogP contribution in [0.2, 0.25) is 0 Å². The van der Waals surface area contributed by atoms with E-state index in [1.165, 1.54) is 0 Å². The molecule has 1 fully saturated rings. The van der Waals surface area contributed by atoms with Gasteiger partial charge in [-0.2, -0.15) is 5.26 Å². The smallest absolute Gasteiger partial charge is 0.227 e. The molecule has 1 aliphatic rings. The molecular weight excluding hydrogens is 256 g/mol. The molecule has 2 rings (SSSR count). The van der Waals surface area contributed by atoms with Crippen molar-refractivity contribution in [3.8, 4) is 11.8 Å². The maximum absolute atomic E-state index is 12.0. The number of carbonyl (C=O) groups excluding carboxylic acids is 1. The van der Waals surface area contributed by atoms with Gasteiger partial charge < -0.3 is 14.8 Å². The molecule has 0 spiro atoms. The normalized spacial score (nSPS) is 18.1. The Labute approximate surface area is 118 Å². The second-order valence-electron chi connectivity index (χ2n) is 4.68. The minimum absolute atomic E-state index is 0.0101. The molecule has 20 heavy (non-hydrogen) atoms. The van der Waals surface area contributed by atoms with Crippen molar-refractivity contribution in [1.29, 1.82) is 5.26 Å². The Balaban J connectivity index is 1.91. The van der Waals surface area contributed by atoms with Crippen LogP contribution in [0, 0.1) is 11.3 Å². The monoisotopic (exact) mass is 274 g/mol. The first kappa shape index (κ1) is 14.4. The average molecular weight is 274 g/mol. The second kappa shape index (κ2) is 7.51. The van der Waals surface area contributed by atoms with Gasteiger partial charge in [0.15, 0.2) is 6.61 Å².